The van der Waals surface area contributed by atoms with Crippen LogP contribution >= 0.6 is 0 Å². The van der Waals surface area contributed by atoms with Crippen molar-refractivity contribution in [1.29, 1.82) is 0 Å². The second-order valence-electron chi connectivity index (χ2n) is 7.45. The Morgan fingerprint density at radius 1 is 1.03 bits per heavy atom. The topological polar surface area (TPSA) is 121 Å². The molecule has 10 heteroatoms. The Balaban J connectivity index is 1.28. The molecule has 166 valence electrons. The van der Waals surface area contributed by atoms with Crippen molar-refractivity contribution in [3.8, 4) is 0 Å². The number of furan rings is 1. The first-order valence-corrected chi connectivity index (χ1v) is 10.2. The van der Waals surface area contributed by atoms with Crippen molar-refractivity contribution in [1.82, 2.24) is 15.0 Å². The van der Waals surface area contributed by atoms with Gasteiger partial charge in [0.15, 0.2) is 11.6 Å². The summed E-state index contributed by atoms with van der Waals surface area (Å²) in [6, 6.07) is 11.6. The molecular formula is C22H23N5O5. The van der Waals surface area contributed by atoms with E-state index in [1.807, 2.05) is 4.90 Å². The van der Waals surface area contributed by atoms with Gasteiger partial charge < -0.3 is 24.5 Å². The summed E-state index contributed by atoms with van der Waals surface area (Å²) in [7, 11) is 0. The van der Waals surface area contributed by atoms with E-state index >= 15 is 0 Å². The lowest BCUT2D eigenvalue weighted by molar-refractivity contribution is -0.117. The van der Waals surface area contributed by atoms with Crippen LogP contribution in [0.3, 0.4) is 0 Å². The summed E-state index contributed by atoms with van der Waals surface area (Å²) in [5, 5.41) is 9.17. The number of hydrogen-bond donors (Lipinski definition) is 2. The van der Waals surface area contributed by atoms with Gasteiger partial charge in [-0.15, -0.1) is 0 Å². The van der Waals surface area contributed by atoms with E-state index in [0.717, 1.165) is 0 Å². The third-order valence-electron chi connectivity index (χ3n) is 5.03. The van der Waals surface area contributed by atoms with Gasteiger partial charge in [-0.05, 0) is 37.3 Å². The smallest absolute Gasteiger partial charge is 0.291 e. The fourth-order valence-corrected chi connectivity index (χ4v) is 3.43. The van der Waals surface area contributed by atoms with Gasteiger partial charge in [0.2, 0.25) is 5.91 Å². The predicted octanol–water partition coefficient (Wildman–Crippen LogP) is 2.22. The van der Waals surface area contributed by atoms with Gasteiger partial charge >= 0.3 is 0 Å². The molecule has 1 aromatic carbocycles. The summed E-state index contributed by atoms with van der Waals surface area (Å²) < 4.78 is 10.0. The van der Waals surface area contributed by atoms with E-state index in [4.69, 9.17) is 8.94 Å². The highest BCUT2D eigenvalue weighted by molar-refractivity contribution is 6.03. The first-order chi connectivity index (χ1) is 15.5. The number of carbonyl (C=O) groups excluding carboxylic acids is 3. The molecule has 1 saturated heterocycles. The normalized spacial score (nSPS) is 14.2. The number of carbonyl (C=O) groups is 3. The summed E-state index contributed by atoms with van der Waals surface area (Å²) in [6.45, 7) is 4.11. The zero-order valence-electron chi connectivity index (χ0n) is 17.5. The Kier molecular flexibility index (Phi) is 6.31. The lowest BCUT2D eigenvalue weighted by Crippen LogP contribution is -2.50. The van der Waals surface area contributed by atoms with Crippen LogP contribution in [-0.2, 0) is 4.79 Å². The van der Waals surface area contributed by atoms with E-state index in [2.05, 4.69) is 15.8 Å². The molecule has 4 rings (SSSR count). The Labute approximate surface area is 184 Å². The van der Waals surface area contributed by atoms with Gasteiger partial charge in [0, 0.05) is 43.5 Å². The van der Waals surface area contributed by atoms with E-state index in [-0.39, 0.29) is 30.0 Å². The van der Waals surface area contributed by atoms with Crippen LogP contribution in [0.1, 0.15) is 26.7 Å². The number of piperazine rings is 1. The Hall–Kier alpha value is -3.92. The second kappa shape index (κ2) is 9.48. The third kappa shape index (κ3) is 5.22. The van der Waals surface area contributed by atoms with Crippen molar-refractivity contribution < 1.29 is 23.3 Å². The van der Waals surface area contributed by atoms with Crippen molar-refractivity contribution >= 4 is 29.2 Å². The highest BCUT2D eigenvalue weighted by Crippen LogP contribution is 2.16. The second-order valence-corrected chi connectivity index (χ2v) is 7.45. The molecule has 1 aliphatic rings. The fraction of sp³-hybridized carbons (Fsp3) is 0.273. The Bertz CT molecular complexity index is 1100. The largest absolute Gasteiger partial charge is 0.459 e. The van der Waals surface area contributed by atoms with Crippen molar-refractivity contribution in [3.63, 3.8) is 0 Å². The molecule has 1 aliphatic heterocycles. The first-order valence-electron chi connectivity index (χ1n) is 10.2. The summed E-state index contributed by atoms with van der Waals surface area (Å²) in [4.78, 5) is 41.0. The maximum absolute atomic E-state index is 12.9. The van der Waals surface area contributed by atoms with Crippen LogP contribution in [-0.4, -0.2) is 65.4 Å². The number of aromatic nitrogens is 1. The maximum Gasteiger partial charge on any atom is 0.291 e. The minimum absolute atomic E-state index is 0.124. The van der Waals surface area contributed by atoms with Crippen LogP contribution in [0.4, 0.5) is 11.5 Å². The average molecular weight is 437 g/mol. The number of amides is 3. The molecule has 0 spiro atoms. The van der Waals surface area contributed by atoms with Crippen LogP contribution in [0.15, 0.2) is 57.7 Å². The zero-order chi connectivity index (χ0) is 22.5. The maximum atomic E-state index is 12.9. The molecule has 0 saturated carbocycles. The van der Waals surface area contributed by atoms with Gasteiger partial charge in [-0.25, -0.2) is 0 Å². The molecule has 0 atom stereocenters. The highest BCUT2D eigenvalue weighted by Gasteiger charge is 2.24. The predicted molar refractivity (Wildman–Crippen MR) is 115 cm³/mol. The highest BCUT2D eigenvalue weighted by atomic mass is 16.5. The van der Waals surface area contributed by atoms with Gasteiger partial charge in [-0.2, -0.15) is 0 Å². The quantitative estimate of drug-likeness (QED) is 0.607. The van der Waals surface area contributed by atoms with E-state index in [1.165, 1.54) is 6.26 Å². The van der Waals surface area contributed by atoms with Gasteiger partial charge in [-0.1, -0.05) is 11.2 Å². The molecule has 0 aliphatic carbocycles. The number of nitrogens with one attached hydrogen (secondary N) is 2. The van der Waals surface area contributed by atoms with Crippen LogP contribution in [0.2, 0.25) is 0 Å². The molecule has 3 heterocycles. The van der Waals surface area contributed by atoms with Crippen LogP contribution < -0.4 is 10.6 Å². The minimum atomic E-state index is -0.382. The van der Waals surface area contributed by atoms with Gasteiger partial charge in [0.05, 0.1) is 12.8 Å². The summed E-state index contributed by atoms with van der Waals surface area (Å²) in [6.07, 6.45) is 1.42. The monoisotopic (exact) mass is 437 g/mol. The van der Waals surface area contributed by atoms with Crippen LogP contribution in [0.5, 0.6) is 0 Å². The van der Waals surface area contributed by atoms with Crippen molar-refractivity contribution in [3.05, 3.63) is 65.8 Å². The van der Waals surface area contributed by atoms with Gasteiger partial charge in [0.1, 0.15) is 5.76 Å². The molecule has 1 fully saturated rings. The van der Waals surface area contributed by atoms with Crippen molar-refractivity contribution in [2.45, 2.75) is 6.92 Å². The molecule has 2 N–H and O–H groups in total. The number of aryl methyl sites for hydroxylation is 1. The molecular weight excluding hydrogens is 414 g/mol. The molecule has 0 radical (unpaired) electrons. The number of benzene rings is 1. The SMILES string of the molecule is Cc1cc(NC(=O)CN2CCN(C(=O)c3cccc(NC(=O)c4ccco4)c3)CC2)no1. The lowest BCUT2D eigenvalue weighted by Gasteiger charge is -2.34. The fourth-order valence-electron chi connectivity index (χ4n) is 3.43. The number of anilines is 2. The molecule has 3 amide bonds. The third-order valence-corrected chi connectivity index (χ3v) is 5.03. The lowest BCUT2D eigenvalue weighted by atomic mass is 10.1. The number of nitrogens with zero attached hydrogens (tertiary/aromatic N) is 3. The molecule has 2 aromatic heterocycles. The molecule has 3 aromatic rings. The van der Waals surface area contributed by atoms with E-state index in [9.17, 15) is 14.4 Å². The molecule has 0 bridgehead atoms. The van der Waals surface area contributed by atoms with E-state index in [1.54, 1.807) is 54.3 Å². The molecule has 32 heavy (non-hydrogen) atoms. The van der Waals surface area contributed by atoms with Crippen LogP contribution in [0.25, 0.3) is 0 Å². The minimum Gasteiger partial charge on any atom is -0.459 e. The molecule has 0 unspecified atom stereocenters. The standard InChI is InChI=1S/C22H23N5O5/c1-15-12-19(25-32-15)24-20(28)14-26-7-9-27(10-8-26)22(30)16-4-2-5-17(13-16)23-21(29)18-6-3-11-31-18/h2-6,11-13H,7-10,14H2,1H3,(H,23,29)(H,24,25,28). The summed E-state index contributed by atoms with van der Waals surface area (Å²) >= 11 is 0. The molecule has 10 nitrogen and oxygen atoms in total. The van der Waals surface area contributed by atoms with Gasteiger partial charge in [-0.3, -0.25) is 19.3 Å². The zero-order valence-corrected chi connectivity index (χ0v) is 17.5. The summed E-state index contributed by atoms with van der Waals surface area (Å²) in [5.41, 5.74) is 0.991. The Morgan fingerprint density at radius 3 is 2.53 bits per heavy atom. The van der Waals surface area contributed by atoms with Gasteiger partial charge in [0.25, 0.3) is 11.8 Å². The Morgan fingerprint density at radius 2 is 1.84 bits per heavy atom. The first kappa shape index (κ1) is 21.3. The number of hydrogen-bond acceptors (Lipinski definition) is 7. The average Bonchev–Trinajstić information content (AvgIpc) is 3.46. The van der Waals surface area contributed by atoms with Crippen molar-refractivity contribution in [2.24, 2.45) is 0 Å². The summed E-state index contributed by atoms with van der Waals surface area (Å²) in [5.74, 6) is 0.518. The van der Waals surface area contributed by atoms with E-state index < -0.39 is 0 Å². The van der Waals surface area contributed by atoms with Crippen molar-refractivity contribution in [2.75, 3.05) is 43.4 Å². The van der Waals surface area contributed by atoms with Crippen LogP contribution in [0, 0.1) is 6.92 Å². The number of rotatable bonds is 6. The van der Waals surface area contributed by atoms with E-state index in [0.29, 0.717) is 49.0 Å².